The molecule has 1 fully saturated rings. The van der Waals surface area contributed by atoms with Crippen molar-refractivity contribution in [1.82, 2.24) is 0 Å². The Bertz CT molecular complexity index is 327. The zero-order valence-corrected chi connectivity index (χ0v) is 9.08. The van der Waals surface area contributed by atoms with Gasteiger partial charge in [-0.3, -0.25) is 0 Å². The van der Waals surface area contributed by atoms with Gasteiger partial charge < -0.3 is 4.74 Å². The maximum absolute atomic E-state index is 11.4. The van der Waals surface area contributed by atoms with Crippen molar-refractivity contribution in [2.24, 2.45) is 11.8 Å². The van der Waals surface area contributed by atoms with Crippen LogP contribution in [0, 0.1) is 23.7 Å². The van der Waals surface area contributed by atoms with E-state index in [1.165, 1.54) is 0 Å². The Labute approximate surface area is 90.7 Å². The lowest BCUT2D eigenvalue weighted by atomic mass is 10.1. The number of carbonyl (C=O) groups excluding carboxylic acids is 1. The van der Waals surface area contributed by atoms with E-state index in [9.17, 15) is 4.79 Å². The molecule has 0 saturated heterocycles. The molecule has 0 bridgehead atoms. The largest absolute Gasteiger partial charge is 0.458 e. The first kappa shape index (κ1) is 10.3. The van der Waals surface area contributed by atoms with Crippen LogP contribution in [0.1, 0.15) is 32.6 Å². The van der Waals surface area contributed by atoms with Crippen molar-refractivity contribution < 1.29 is 9.53 Å². The minimum atomic E-state index is -0.243. The first-order valence-electron chi connectivity index (χ1n) is 5.52. The van der Waals surface area contributed by atoms with Crippen LogP contribution >= 0.6 is 0 Å². The summed E-state index contributed by atoms with van der Waals surface area (Å²) in [6.45, 7) is 5.28. The highest BCUT2D eigenvalue weighted by atomic mass is 16.6. The highest BCUT2D eigenvalue weighted by molar-refractivity contribution is 5.87. The van der Waals surface area contributed by atoms with Gasteiger partial charge in [-0.2, -0.15) is 0 Å². The third-order valence-corrected chi connectivity index (χ3v) is 3.17. The molecule has 2 aliphatic rings. The van der Waals surface area contributed by atoms with Crippen molar-refractivity contribution in [1.29, 1.82) is 0 Å². The van der Waals surface area contributed by atoms with E-state index >= 15 is 0 Å². The summed E-state index contributed by atoms with van der Waals surface area (Å²) in [5.74, 6) is 7.14. The molecule has 0 aromatic rings. The zero-order valence-electron chi connectivity index (χ0n) is 9.08. The van der Waals surface area contributed by atoms with Gasteiger partial charge in [0.25, 0.3) is 0 Å². The van der Waals surface area contributed by atoms with E-state index in [1.807, 2.05) is 0 Å². The molecular formula is C13H16O2. The van der Waals surface area contributed by atoms with Crippen molar-refractivity contribution in [3.05, 3.63) is 12.2 Å². The minimum Gasteiger partial charge on any atom is -0.458 e. The first-order chi connectivity index (χ1) is 7.20. The summed E-state index contributed by atoms with van der Waals surface area (Å²) >= 11 is 0. The lowest BCUT2D eigenvalue weighted by Crippen LogP contribution is -2.09. The predicted octanol–water partition coefficient (Wildman–Crippen LogP) is 2.30. The minimum absolute atomic E-state index is 0.135. The third kappa shape index (κ3) is 2.23. The van der Waals surface area contributed by atoms with Crippen LogP contribution in [0.3, 0.4) is 0 Å². The second-order valence-electron chi connectivity index (χ2n) is 4.41. The Balaban J connectivity index is 1.88. The number of rotatable bonds is 2. The Morgan fingerprint density at radius 3 is 2.27 bits per heavy atom. The first-order valence-corrected chi connectivity index (χ1v) is 5.52. The molecule has 1 saturated carbocycles. The zero-order chi connectivity index (χ0) is 10.8. The average Bonchev–Trinajstić information content (AvgIpc) is 2.75. The summed E-state index contributed by atoms with van der Waals surface area (Å²) in [5.41, 5.74) is 0.491. The smallest absolute Gasteiger partial charge is 0.333 e. The highest BCUT2D eigenvalue weighted by Crippen LogP contribution is 2.48. The monoisotopic (exact) mass is 204 g/mol. The van der Waals surface area contributed by atoms with Gasteiger partial charge in [0.05, 0.1) is 0 Å². The highest BCUT2D eigenvalue weighted by Gasteiger charge is 2.52. The van der Waals surface area contributed by atoms with E-state index in [0.717, 1.165) is 25.7 Å². The van der Waals surface area contributed by atoms with E-state index in [1.54, 1.807) is 6.92 Å². The molecule has 15 heavy (non-hydrogen) atoms. The number of hydrogen-bond donors (Lipinski definition) is 0. The van der Waals surface area contributed by atoms with Gasteiger partial charge >= 0.3 is 5.97 Å². The summed E-state index contributed by atoms with van der Waals surface area (Å²) in [7, 11) is 0. The molecular weight excluding hydrogens is 188 g/mol. The fourth-order valence-electron chi connectivity index (χ4n) is 2.22. The number of ether oxygens (including phenoxy) is 1. The van der Waals surface area contributed by atoms with Gasteiger partial charge in [-0.25, -0.2) is 4.79 Å². The van der Waals surface area contributed by atoms with Gasteiger partial charge in [0.2, 0.25) is 0 Å². The fourth-order valence-corrected chi connectivity index (χ4v) is 2.22. The van der Waals surface area contributed by atoms with Gasteiger partial charge in [0, 0.05) is 30.3 Å². The summed E-state index contributed by atoms with van der Waals surface area (Å²) in [6.07, 6.45) is 4.18. The SMILES string of the molecule is C=C(C)C(=O)OC1C2CCC#CCCC21. The molecule has 2 atom stereocenters. The molecule has 2 heteroatoms. The van der Waals surface area contributed by atoms with Gasteiger partial charge in [-0.05, 0) is 19.8 Å². The molecule has 2 unspecified atom stereocenters. The molecule has 0 aromatic carbocycles. The third-order valence-electron chi connectivity index (χ3n) is 3.17. The fraction of sp³-hybridized carbons (Fsp3) is 0.615. The normalized spacial score (nSPS) is 32.5. The Morgan fingerprint density at radius 2 is 1.80 bits per heavy atom. The standard InChI is InChI=1S/C13H16O2/c1-9(2)13(14)15-12-10-7-5-3-4-6-8-11(10)12/h10-12H,1,5-8H2,2H3. The van der Waals surface area contributed by atoms with Gasteiger partial charge in [0.15, 0.2) is 0 Å². The van der Waals surface area contributed by atoms with Gasteiger partial charge in [-0.15, -0.1) is 11.8 Å². The number of fused-ring (bicyclic) bond motifs is 1. The number of hydrogen-bond acceptors (Lipinski definition) is 2. The average molecular weight is 204 g/mol. The van der Waals surface area contributed by atoms with Crippen molar-refractivity contribution in [2.75, 3.05) is 0 Å². The van der Waals surface area contributed by atoms with Crippen LogP contribution in [0.25, 0.3) is 0 Å². The molecule has 0 radical (unpaired) electrons. The van der Waals surface area contributed by atoms with Gasteiger partial charge in [0.1, 0.15) is 6.10 Å². The second kappa shape index (κ2) is 4.10. The molecule has 0 aliphatic heterocycles. The Hall–Kier alpha value is -1.23. The summed E-state index contributed by atoms with van der Waals surface area (Å²) < 4.78 is 5.39. The summed E-state index contributed by atoms with van der Waals surface area (Å²) in [5, 5.41) is 0. The summed E-state index contributed by atoms with van der Waals surface area (Å²) in [6, 6.07) is 0. The lowest BCUT2D eigenvalue weighted by molar-refractivity contribution is -0.141. The predicted molar refractivity (Wildman–Crippen MR) is 57.9 cm³/mol. The van der Waals surface area contributed by atoms with Crippen molar-refractivity contribution in [3.63, 3.8) is 0 Å². The van der Waals surface area contributed by atoms with Crippen LogP contribution in [0.15, 0.2) is 12.2 Å². The van der Waals surface area contributed by atoms with Crippen LogP contribution in [0.4, 0.5) is 0 Å². The van der Waals surface area contributed by atoms with E-state index < -0.39 is 0 Å². The molecule has 0 amide bonds. The maximum Gasteiger partial charge on any atom is 0.333 e. The van der Waals surface area contributed by atoms with E-state index in [-0.39, 0.29) is 12.1 Å². The Morgan fingerprint density at radius 1 is 1.27 bits per heavy atom. The van der Waals surface area contributed by atoms with Crippen molar-refractivity contribution in [3.8, 4) is 11.8 Å². The number of esters is 1. The molecule has 0 heterocycles. The molecule has 0 N–H and O–H groups in total. The van der Waals surface area contributed by atoms with E-state index in [0.29, 0.717) is 17.4 Å². The van der Waals surface area contributed by atoms with Crippen LogP contribution in [-0.4, -0.2) is 12.1 Å². The van der Waals surface area contributed by atoms with Crippen LogP contribution < -0.4 is 0 Å². The number of carbonyl (C=O) groups is 1. The molecule has 2 nitrogen and oxygen atoms in total. The van der Waals surface area contributed by atoms with Crippen LogP contribution in [0.2, 0.25) is 0 Å². The quantitative estimate of drug-likeness (QED) is 0.392. The van der Waals surface area contributed by atoms with Crippen molar-refractivity contribution in [2.45, 2.75) is 38.7 Å². The van der Waals surface area contributed by atoms with Crippen LogP contribution in [-0.2, 0) is 9.53 Å². The molecule has 80 valence electrons. The van der Waals surface area contributed by atoms with Crippen LogP contribution in [0.5, 0.6) is 0 Å². The van der Waals surface area contributed by atoms with Gasteiger partial charge in [-0.1, -0.05) is 6.58 Å². The molecule has 2 aliphatic carbocycles. The lowest BCUT2D eigenvalue weighted by Gasteiger charge is -2.02. The summed E-state index contributed by atoms with van der Waals surface area (Å²) in [4.78, 5) is 11.4. The molecule has 2 rings (SSSR count). The Kier molecular flexibility index (Phi) is 2.81. The molecule has 0 aromatic heterocycles. The van der Waals surface area contributed by atoms with E-state index in [2.05, 4.69) is 18.4 Å². The maximum atomic E-state index is 11.4. The second-order valence-corrected chi connectivity index (χ2v) is 4.41. The van der Waals surface area contributed by atoms with Crippen molar-refractivity contribution >= 4 is 5.97 Å². The van der Waals surface area contributed by atoms with E-state index in [4.69, 9.17) is 4.74 Å². The topological polar surface area (TPSA) is 26.3 Å². The molecule has 0 spiro atoms.